The van der Waals surface area contributed by atoms with E-state index < -0.39 is 11.6 Å². The molecule has 0 aliphatic heterocycles. The Bertz CT molecular complexity index is 1160. The minimum absolute atomic E-state index is 0.262. The summed E-state index contributed by atoms with van der Waals surface area (Å²) in [6, 6.07) is 10.1. The Morgan fingerprint density at radius 1 is 0.862 bits per heavy atom. The number of ether oxygens (including phenoxy) is 2. The molecule has 0 fully saturated rings. The predicted molar refractivity (Wildman–Crippen MR) is 109 cm³/mol. The number of hydrogen-bond donors (Lipinski definition) is 0. The number of benzene rings is 2. The second kappa shape index (κ2) is 8.31. The van der Waals surface area contributed by atoms with Gasteiger partial charge in [0.1, 0.15) is 11.3 Å². The third-order valence-electron chi connectivity index (χ3n) is 4.78. The Balaban J connectivity index is 1.59. The number of carbonyl (C=O) groups excluding carboxylic acids is 2. The fraction of sp³-hybridized carbons (Fsp3) is 0.261. The average Bonchev–Trinajstić information content (AvgIpc) is 2.66. The van der Waals surface area contributed by atoms with E-state index in [0.717, 1.165) is 27.6 Å². The Labute approximate surface area is 168 Å². The van der Waals surface area contributed by atoms with Gasteiger partial charge >= 0.3 is 11.6 Å². The third-order valence-corrected chi connectivity index (χ3v) is 4.78. The Morgan fingerprint density at radius 2 is 1.59 bits per heavy atom. The van der Waals surface area contributed by atoms with E-state index in [2.05, 4.69) is 0 Å². The first kappa shape index (κ1) is 20.3. The highest BCUT2D eigenvalue weighted by Crippen LogP contribution is 2.22. The number of carbonyl (C=O) groups is 2. The number of ketones is 1. The van der Waals surface area contributed by atoms with Crippen LogP contribution in [0.5, 0.6) is 5.75 Å². The van der Waals surface area contributed by atoms with Crippen molar-refractivity contribution >= 4 is 22.7 Å². The van der Waals surface area contributed by atoms with Crippen molar-refractivity contribution in [2.45, 2.75) is 27.7 Å². The van der Waals surface area contributed by atoms with E-state index in [-0.39, 0.29) is 19.0 Å². The van der Waals surface area contributed by atoms with Crippen LogP contribution in [0.4, 0.5) is 0 Å². The van der Waals surface area contributed by atoms with Crippen LogP contribution >= 0.6 is 0 Å². The maximum absolute atomic E-state index is 12.4. The van der Waals surface area contributed by atoms with Gasteiger partial charge < -0.3 is 13.9 Å². The highest BCUT2D eigenvalue weighted by molar-refractivity contribution is 5.99. The van der Waals surface area contributed by atoms with Crippen LogP contribution in [0.1, 0.15) is 32.6 Å². The first-order valence-electron chi connectivity index (χ1n) is 9.18. The topological polar surface area (TPSA) is 82.8 Å². The summed E-state index contributed by atoms with van der Waals surface area (Å²) in [7, 11) is 0. The first-order chi connectivity index (χ1) is 13.7. The van der Waals surface area contributed by atoms with Crippen LogP contribution in [0, 0.1) is 27.7 Å². The Hall–Kier alpha value is -3.41. The molecule has 0 aliphatic carbocycles. The van der Waals surface area contributed by atoms with Gasteiger partial charge in [-0.2, -0.15) is 0 Å². The smallest absolute Gasteiger partial charge is 0.344 e. The van der Waals surface area contributed by atoms with Gasteiger partial charge in [-0.15, -0.1) is 0 Å². The molecule has 0 spiro atoms. The van der Waals surface area contributed by atoms with Crippen LogP contribution in [0.25, 0.3) is 11.0 Å². The van der Waals surface area contributed by atoms with Gasteiger partial charge in [0, 0.05) is 23.1 Å². The zero-order valence-corrected chi connectivity index (χ0v) is 16.8. The summed E-state index contributed by atoms with van der Waals surface area (Å²) in [5, 5.41) is 0.786. The van der Waals surface area contributed by atoms with Crippen molar-refractivity contribution in [3.63, 3.8) is 0 Å². The van der Waals surface area contributed by atoms with Crippen molar-refractivity contribution in [3.05, 3.63) is 74.6 Å². The molecule has 6 nitrogen and oxygen atoms in total. The molecule has 0 amide bonds. The summed E-state index contributed by atoms with van der Waals surface area (Å²) >= 11 is 0. The maximum Gasteiger partial charge on any atom is 0.344 e. The molecular weight excluding hydrogens is 372 g/mol. The van der Waals surface area contributed by atoms with E-state index >= 15 is 0 Å². The summed E-state index contributed by atoms with van der Waals surface area (Å²) in [6.45, 7) is 6.86. The van der Waals surface area contributed by atoms with Gasteiger partial charge in [-0.1, -0.05) is 6.07 Å². The molecule has 6 heteroatoms. The normalized spacial score (nSPS) is 10.8. The van der Waals surface area contributed by atoms with Crippen LogP contribution in [-0.4, -0.2) is 25.0 Å². The monoisotopic (exact) mass is 394 g/mol. The first-order valence-corrected chi connectivity index (χ1v) is 9.18. The van der Waals surface area contributed by atoms with Crippen molar-refractivity contribution in [1.29, 1.82) is 0 Å². The molecule has 0 radical (unpaired) electrons. The molecule has 0 N–H and O–H groups in total. The van der Waals surface area contributed by atoms with Crippen LogP contribution in [0.3, 0.4) is 0 Å². The van der Waals surface area contributed by atoms with Gasteiger partial charge in [-0.25, -0.2) is 9.59 Å². The number of Topliss-reactive ketones (excluding diaryl/α,β-unsaturated/α-hetero) is 1. The lowest BCUT2D eigenvalue weighted by atomic mass is 9.98. The molecule has 0 saturated heterocycles. The van der Waals surface area contributed by atoms with Crippen molar-refractivity contribution in [2.24, 2.45) is 0 Å². The van der Waals surface area contributed by atoms with Gasteiger partial charge in [0.15, 0.2) is 13.2 Å². The lowest BCUT2D eigenvalue weighted by Crippen LogP contribution is -2.20. The van der Waals surface area contributed by atoms with E-state index in [9.17, 15) is 14.4 Å². The number of aryl methyl sites for hydroxylation is 4. The van der Waals surface area contributed by atoms with Gasteiger partial charge in [-0.3, -0.25) is 4.79 Å². The number of fused-ring (bicyclic) bond motifs is 1. The summed E-state index contributed by atoms with van der Waals surface area (Å²) in [5.74, 6) is -0.563. The minimum atomic E-state index is -0.661. The second-order valence-electron chi connectivity index (χ2n) is 7.03. The molecule has 150 valence electrons. The number of rotatable bonds is 6. The summed E-state index contributed by atoms with van der Waals surface area (Å²) in [6.07, 6.45) is 0. The molecule has 0 unspecified atom stereocenters. The average molecular weight is 394 g/mol. The largest absolute Gasteiger partial charge is 0.482 e. The zero-order chi connectivity index (χ0) is 21.1. The van der Waals surface area contributed by atoms with Gasteiger partial charge in [0.05, 0.1) is 0 Å². The Morgan fingerprint density at radius 3 is 2.34 bits per heavy atom. The predicted octanol–water partition coefficient (Wildman–Crippen LogP) is 3.83. The summed E-state index contributed by atoms with van der Waals surface area (Å²) in [5.41, 5.74) is 4.22. The molecule has 1 aromatic heterocycles. The number of hydrogen-bond acceptors (Lipinski definition) is 6. The van der Waals surface area contributed by atoms with Crippen LogP contribution in [0.2, 0.25) is 0 Å². The molecule has 0 aliphatic rings. The highest BCUT2D eigenvalue weighted by atomic mass is 16.6. The van der Waals surface area contributed by atoms with E-state index in [0.29, 0.717) is 16.9 Å². The maximum atomic E-state index is 12.4. The fourth-order valence-corrected chi connectivity index (χ4v) is 3.06. The molecule has 0 bridgehead atoms. The molecular formula is C23H22O6. The van der Waals surface area contributed by atoms with Crippen LogP contribution in [0.15, 0.2) is 45.6 Å². The quantitative estimate of drug-likeness (QED) is 0.359. The molecule has 1 heterocycles. The highest BCUT2D eigenvalue weighted by Gasteiger charge is 2.14. The van der Waals surface area contributed by atoms with Crippen molar-refractivity contribution in [1.82, 2.24) is 0 Å². The van der Waals surface area contributed by atoms with Crippen LogP contribution in [-0.2, 0) is 9.53 Å². The third kappa shape index (κ3) is 4.71. The molecule has 0 saturated carbocycles. The SMILES string of the molecule is Cc1cc(C)c(C(=O)COC(=O)COc2ccc3c(C)cc(=O)oc3c2)cc1C. The van der Waals surface area contributed by atoms with Gasteiger partial charge in [0.2, 0.25) is 5.78 Å². The van der Waals surface area contributed by atoms with Crippen molar-refractivity contribution in [3.8, 4) is 5.75 Å². The molecule has 0 atom stereocenters. The van der Waals surface area contributed by atoms with E-state index in [4.69, 9.17) is 13.9 Å². The number of esters is 1. The van der Waals surface area contributed by atoms with Crippen LogP contribution < -0.4 is 10.4 Å². The summed E-state index contributed by atoms with van der Waals surface area (Å²) in [4.78, 5) is 35.8. The standard InChI is InChI=1S/C23H22O6/c1-13-7-15(3)19(8-14(13)2)20(24)11-28-23(26)12-27-17-5-6-18-16(4)9-22(25)29-21(18)10-17/h5-10H,11-12H2,1-4H3. The molecule has 3 rings (SSSR count). The second-order valence-corrected chi connectivity index (χ2v) is 7.03. The van der Waals surface area contributed by atoms with Crippen molar-refractivity contribution < 1.29 is 23.5 Å². The Kier molecular flexibility index (Phi) is 5.82. The lowest BCUT2D eigenvalue weighted by molar-refractivity contribution is -0.144. The molecule has 29 heavy (non-hydrogen) atoms. The van der Waals surface area contributed by atoms with E-state index in [1.165, 1.54) is 6.07 Å². The lowest BCUT2D eigenvalue weighted by Gasteiger charge is -2.10. The minimum Gasteiger partial charge on any atom is -0.482 e. The van der Waals surface area contributed by atoms with E-state index in [1.807, 2.05) is 39.8 Å². The van der Waals surface area contributed by atoms with Gasteiger partial charge in [0.25, 0.3) is 0 Å². The zero-order valence-electron chi connectivity index (χ0n) is 16.8. The van der Waals surface area contributed by atoms with Crippen molar-refractivity contribution in [2.75, 3.05) is 13.2 Å². The molecule has 3 aromatic rings. The van der Waals surface area contributed by atoms with E-state index in [1.54, 1.807) is 18.2 Å². The summed E-state index contributed by atoms with van der Waals surface area (Å²) < 4.78 is 15.6. The molecule has 2 aromatic carbocycles. The van der Waals surface area contributed by atoms with Gasteiger partial charge in [-0.05, 0) is 68.1 Å². The fourth-order valence-electron chi connectivity index (χ4n) is 3.06.